The number of hydrogen-bond donors (Lipinski definition) is 0. The first-order chi connectivity index (χ1) is 9.15. The molecule has 0 spiro atoms. The van der Waals surface area contributed by atoms with Crippen LogP contribution in [0.4, 0.5) is 4.39 Å². The summed E-state index contributed by atoms with van der Waals surface area (Å²) in [4.78, 5) is 12.7. The molecule has 0 saturated carbocycles. The molecular weight excluding hydrogens is 287 g/mol. The maximum absolute atomic E-state index is 12.9. The normalized spacial score (nSPS) is 14.9. The van der Waals surface area contributed by atoms with Crippen LogP contribution in [0.2, 0.25) is 4.34 Å². The predicted octanol–water partition coefficient (Wildman–Crippen LogP) is 4.01. The Labute approximate surface area is 118 Å². The van der Waals surface area contributed by atoms with Crippen LogP contribution < -0.4 is 0 Å². The van der Waals surface area contributed by atoms with E-state index in [1.807, 2.05) is 6.07 Å². The Morgan fingerprint density at radius 1 is 1.16 bits per heavy atom. The summed E-state index contributed by atoms with van der Waals surface area (Å²) in [7, 11) is 0. The van der Waals surface area contributed by atoms with Crippen LogP contribution in [-0.2, 0) is 9.53 Å². The molecule has 1 aromatic carbocycles. The molecule has 2 nitrogen and oxygen atoms in total. The average molecular weight is 295 g/mol. The standard InChI is InChI=1S/C14H8ClFO2S/c15-12-6-5-11(19-12)10-7-18-14(17)13(10)8-1-3-9(16)4-2-8/h1-6H,7H2. The van der Waals surface area contributed by atoms with Gasteiger partial charge in [-0.2, -0.15) is 0 Å². The molecule has 0 radical (unpaired) electrons. The second-order valence-electron chi connectivity index (χ2n) is 4.04. The first kappa shape index (κ1) is 12.4. The molecule has 1 aliphatic rings. The number of esters is 1. The summed E-state index contributed by atoms with van der Waals surface area (Å²) in [6.45, 7) is 0.225. The van der Waals surface area contributed by atoms with Crippen LogP contribution in [0, 0.1) is 5.82 Å². The van der Waals surface area contributed by atoms with Gasteiger partial charge in [0.2, 0.25) is 0 Å². The van der Waals surface area contributed by atoms with Gasteiger partial charge in [-0.25, -0.2) is 9.18 Å². The van der Waals surface area contributed by atoms with Gasteiger partial charge in [-0.05, 0) is 29.8 Å². The van der Waals surface area contributed by atoms with Gasteiger partial charge in [0.1, 0.15) is 12.4 Å². The van der Waals surface area contributed by atoms with Crippen molar-refractivity contribution in [2.24, 2.45) is 0 Å². The van der Waals surface area contributed by atoms with Crippen LogP contribution in [0.15, 0.2) is 36.4 Å². The van der Waals surface area contributed by atoms with E-state index in [9.17, 15) is 9.18 Å². The number of carbonyl (C=O) groups excluding carboxylic acids is 1. The van der Waals surface area contributed by atoms with Gasteiger partial charge in [-0.15, -0.1) is 11.3 Å². The third-order valence-electron chi connectivity index (χ3n) is 2.86. The van der Waals surface area contributed by atoms with E-state index in [1.165, 1.54) is 23.5 Å². The first-order valence-corrected chi connectivity index (χ1v) is 6.76. The van der Waals surface area contributed by atoms with E-state index in [1.54, 1.807) is 18.2 Å². The number of ether oxygens (including phenoxy) is 1. The molecule has 0 bridgehead atoms. The third kappa shape index (κ3) is 2.29. The Bertz CT molecular complexity index is 673. The molecule has 19 heavy (non-hydrogen) atoms. The summed E-state index contributed by atoms with van der Waals surface area (Å²) in [5.74, 6) is -0.720. The molecule has 0 N–H and O–H groups in total. The SMILES string of the molecule is O=C1OCC(c2ccc(Cl)s2)=C1c1ccc(F)cc1. The summed E-state index contributed by atoms with van der Waals surface area (Å²) in [6.07, 6.45) is 0. The lowest BCUT2D eigenvalue weighted by molar-refractivity contribution is -0.133. The van der Waals surface area contributed by atoms with Crippen LogP contribution in [0.25, 0.3) is 11.1 Å². The van der Waals surface area contributed by atoms with E-state index in [2.05, 4.69) is 0 Å². The van der Waals surface area contributed by atoms with Crippen molar-refractivity contribution in [3.8, 4) is 0 Å². The highest BCUT2D eigenvalue weighted by Crippen LogP contribution is 2.37. The van der Waals surface area contributed by atoms with Crippen molar-refractivity contribution in [2.75, 3.05) is 6.61 Å². The Balaban J connectivity index is 2.13. The molecule has 0 saturated heterocycles. The van der Waals surface area contributed by atoms with Crippen LogP contribution in [0.5, 0.6) is 0 Å². The Kier molecular flexibility index (Phi) is 3.12. The number of benzene rings is 1. The predicted molar refractivity (Wildman–Crippen MR) is 73.5 cm³/mol. The van der Waals surface area contributed by atoms with E-state index < -0.39 is 0 Å². The second-order valence-corrected chi connectivity index (χ2v) is 5.76. The van der Waals surface area contributed by atoms with Crippen LogP contribution in [-0.4, -0.2) is 12.6 Å². The quantitative estimate of drug-likeness (QED) is 0.782. The van der Waals surface area contributed by atoms with Gasteiger partial charge in [0.05, 0.1) is 9.91 Å². The fourth-order valence-electron chi connectivity index (χ4n) is 1.98. The van der Waals surface area contributed by atoms with E-state index in [4.69, 9.17) is 16.3 Å². The molecule has 0 fully saturated rings. The highest BCUT2D eigenvalue weighted by Gasteiger charge is 2.27. The van der Waals surface area contributed by atoms with Crippen molar-refractivity contribution in [1.82, 2.24) is 0 Å². The fourth-order valence-corrected chi connectivity index (χ4v) is 3.06. The molecule has 3 rings (SSSR count). The highest BCUT2D eigenvalue weighted by molar-refractivity contribution is 7.17. The Hall–Kier alpha value is -1.65. The maximum atomic E-state index is 12.9. The first-order valence-electron chi connectivity index (χ1n) is 5.57. The minimum atomic E-state index is -0.383. The molecule has 96 valence electrons. The third-order valence-corrected chi connectivity index (χ3v) is 4.15. The van der Waals surface area contributed by atoms with E-state index in [0.29, 0.717) is 15.5 Å². The van der Waals surface area contributed by atoms with Crippen molar-refractivity contribution in [3.63, 3.8) is 0 Å². The summed E-state index contributed by atoms with van der Waals surface area (Å²) < 4.78 is 18.7. The zero-order valence-corrected chi connectivity index (χ0v) is 11.2. The lowest BCUT2D eigenvalue weighted by Crippen LogP contribution is -1.98. The fraction of sp³-hybridized carbons (Fsp3) is 0.0714. The van der Waals surface area contributed by atoms with Crippen LogP contribution >= 0.6 is 22.9 Å². The summed E-state index contributed by atoms with van der Waals surface area (Å²) in [6, 6.07) is 9.44. The number of halogens is 2. The summed E-state index contributed by atoms with van der Waals surface area (Å²) in [5, 5.41) is 0. The van der Waals surface area contributed by atoms with Crippen molar-refractivity contribution in [3.05, 3.63) is 57.0 Å². The monoisotopic (exact) mass is 294 g/mol. The minimum Gasteiger partial charge on any atom is -0.457 e. The van der Waals surface area contributed by atoms with E-state index in [0.717, 1.165) is 10.5 Å². The van der Waals surface area contributed by atoms with E-state index in [-0.39, 0.29) is 18.4 Å². The van der Waals surface area contributed by atoms with Gasteiger partial charge in [-0.1, -0.05) is 23.7 Å². The van der Waals surface area contributed by atoms with Gasteiger partial charge in [0.25, 0.3) is 0 Å². The number of rotatable bonds is 2. The molecule has 0 aliphatic carbocycles. The second kappa shape index (κ2) is 4.79. The number of thiophene rings is 1. The molecule has 2 heterocycles. The lowest BCUT2D eigenvalue weighted by Gasteiger charge is -2.02. The van der Waals surface area contributed by atoms with Gasteiger partial charge in [-0.3, -0.25) is 0 Å². The zero-order valence-electron chi connectivity index (χ0n) is 9.65. The van der Waals surface area contributed by atoms with E-state index >= 15 is 0 Å². The van der Waals surface area contributed by atoms with Gasteiger partial charge < -0.3 is 4.74 Å². The van der Waals surface area contributed by atoms with Crippen LogP contribution in [0.1, 0.15) is 10.4 Å². The van der Waals surface area contributed by atoms with Gasteiger partial charge >= 0.3 is 5.97 Å². The molecule has 1 aliphatic heterocycles. The van der Waals surface area contributed by atoms with Crippen molar-refractivity contribution in [2.45, 2.75) is 0 Å². The van der Waals surface area contributed by atoms with Gasteiger partial charge in [0, 0.05) is 10.5 Å². The van der Waals surface area contributed by atoms with Crippen molar-refractivity contribution < 1.29 is 13.9 Å². The lowest BCUT2D eigenvalue weighted by atomic mass is 10.0. The van der Waals surface area contributed by atoms with Crippen molar-refractivity contribution >= 4 is 40.1 Å². The average Bonchev–Trinajstić information content (AvgIpc) is 2.97. The molecule has 0 amide bonds. The smallest absolute Gasteiger partial charge is 0.339 e. The topological polar surface area (TPSA) is 26.3 Å². The highest BCUT2D eigenvalue weighted by atomic mass is 35.5. The maximum Gasteiger partial charge on any atom is 0.339 e. The molecular formula is C14H8ClFO2S. The van der Waals surface area contributed by atoms with Crippen molar-refractivity contribution in [1.29, 1.82) is 0 Å². The Morgan fingerprint density at radius 3 is 2.53 bits per heavy atom. The molecule has 1 aromatic heterocycles. The minimum absolute atomic E-state index is 0.225. The van der Waals surface area contributed by atoms with Gasteiger partial charge in [0.15, 0.2) is 0 Å². The largest absolute Gasteiger partial charge is 0.457 e. The van der Waals surface area contributed by atoms with Crippen LogP contribution in [0.3, 0.4) is 0 Å². The molecule has 0 atom stereocenters. The summed E-state index contributed by atoms with van der Waals surface area (Å²) >= 11 is 7.30. The molecule has 0 unspecified atom stereocenters. The zero-order chi connectivity index (χ0) is 13.4. The number of cyclic esters (lactones) is 1. The number of hydrogen-bond acceptors (Lipinski definition) is 3. The molecule has 5 heteroatoms. The summed E-state index contributed by atoms with van der Waals surface area (Å²) in [5.41, 5.74) is 1.94. The Morgan fingerprint density at radius 2 is 1.89 bits per heavy atom. The molecule has 2 aromatic rings. The number of carbonyl (C=O) groups is 1.